The fraction of sp³-hybridized carbons (Fsp3) is 0.467. The summed E-state index contributed by atoms with van der Waals surface area (Å²) in [4.78, 5) is 0. The first-order valence-electron chi connectivity index (χ1n) is 7.20. The van der Waals surface area contributed by atoms with Gasteiger partial charge in [0.15, 0.2) is 5.82 Å². The number of benzene rings is 1. The minimum atomic E-state index is 0.400. The Kier molecular flexibility index (Phi) is 4.40. The number of hydrogen-bond acceptors (Lipinski definition) is 5. The number of aromatic nitrogens is 2. The third kappa shape index (κ3) is 3.23. The van der Waals surface area contributed by atoms with Crippen LogP contribution in [0.25, 0.3) is 10.8 Å². The molecular weight excluding hydrogens is 252 g/mol. The molecule has 0 unspecified atom stereocenters. The molecule has 1 fully saturated rings. The highest BCUT2D eigenvalue weighted by atomic mass is 16.5. The molecule has 0 bridgehead atoms. The van der Waals surface area contributed by atoms with E-state index in [0.29, 0.717) is 12.7 Å². The van der Waals surface area contributed by atoms with Gasteiger partial charge in [-0.1, -0.05) is 24.3 Å². The molecule has 5 heteroatoms. The lowest BCUT2D eigenvalue weighted by Gasteiger charge is -2.23. The highest BCUT2D eigenvalue weighted by Crippen LogP contribution is 2.18. The lowest BCUT2D eigenvalue weighted by atomic mass is 10.1. The smallest absolute Gasteiger partial charge is 0.156 e. The van der Waals surface area contributed by atoms with E-state index in [1.807, 2.05) is 18.2 Å². The van der Waals surface area contributed by atoms with Crippen LogP contribution in [0.1, 0.15) is 12.8 Å². The summed E-state index contributed by atoms with van der Waals surface area (Å²) in [7, 11) is 0. The average Bonchev–Trinajstić information content (AvgIpc) is 2.53. The van der Waals surface area contributed by atoms with Crippen molar-refractivity contribution >= 4 is 16.6 Å². The fourth-order valence-electron chi connectivity index (χ4n) is 2.52. The maximum atomic E-state index is 5.87. The molecule has 2 heterocycles. The molecule has 1 aromatic heterocycles. The van der Waals surface area contributed by atoms with Gasteiger partial charge in [0.25, 0.3) is 0 Å². The van der Waals surface area contributed by atoms with E-state index in [0.717, 1.165) is 49.1 Å². The molecule has 1 aliphatic heterocycles. The average molecular weight is 272 g/mol. The summed E-state index contributed by atoms with van der Waals surface area (Å²) in [6, 6.07) is 8.12. The summed E-state index contributed by atoms with van der Waals surface area (Å²) in [5.74, 6) is 0.831. The van der Waals surface area contributed by atoms with Crippen LogP contribution in [-0.4, -0.2) is 42.5 Å². The zero-order valence-corrected chi connectivity index (χ0v) is 11.5. The van der Waals surface area contributed by atoms with E-state index in [2.05, 4.69) is 26.9 Å². The summed E-state index contributed by atoms with van der Waals surface area (Å²) in [5.41, 5.74) is 0. The molecule has 106 valence electrons. The highest BCUT2D eigenvalue weighted by Gasteiger charge is 2.12. The largest absolute Gasteiger partial charge is 0.376 e. The van der Waals surface area contributed by atoms with Crippen LogP contribution < -0.4 is 10.6 Å². The van der Waals surface area contributed by atoms with E-state index in [4.69, 9.17) is 4.74 Å². The Labute approximate surface area is 118 Å². The van der Waals surface area contributed by atoms with Crippen LogP contribution in [-0.2, 0) is 4.74 Å². The summed E-state index contributed by atoms with van der Waals surface area (Å²) in [6.07, 6.45) is 4.39. The van der Waals surface area contributed by atoms with E-state index in [9.17, 15) is 0 Å². The van der Waals surface area contributed by atoms with Gasteiger partial charge < -0.3 is 15.4 Å². The van der Waals surface area contributed by atoms with Crippen molar-refractivity contribution in [3.8, 4) is 0 Å². The lowest BCUT2D eigenvalue weighted by molar-refractivity contribution is 0.0394. The molecule has 20 heavy (non-hydrogen) atoms. The molecule has 0 spiro atoms. The normalized spacial score (nSPS) is 16.4. The number of piperidine rings is 1. The number of nitrogens with one attached hydrogen (secondary N) is 2. The number of rotatable bonds is 5. The van der Waals surface area contributed by atoms with Crippen LogP contribution in [0.5, 0.6) is 0 Å². The van der Waals surface area contributed by atoms with Gasteiger partial charge in [0, 0.05) is 17.3 Å². The van der Waals surface area contributed by atoms with Crippen LogP contribution in [0.3, 0.4) is 0 Å². The van der Waals surface area contributed by atoms with Gasteiger partial charge in [0.2, 0.25) is 0 Å². The maximum Gasteiger partial charge on any atom is 0.156 e. The van der Waals surface area contributed by atoms with Gasteiger partial charge >= 0.3 is 0 Å². The van der Waals surface area contributed by atoms with E-state index in [-0.39, 0.29) is 0 Å². The highest BCUT2D eigenvalue weighted by molar-refractivity contribution is 5.90. The third-order valence-corrected chi connectivity index (χ3v) is 3.60. The molecule has 2 N–H and O–H groups in total. The van der Waals surface area contributed by atoms with Crippen molar-refractivity contribution in [3.05, 3.63) is 30.5 Å². The topological polar surface area (TPSA) is 59.1 Å². The monoisotopic (exact) mass is 272 g/mol. The maximum absolute atomic E-state index is 5.87. The minimum Gasteiger partial charge on any atom is -0.376 e. The first-order valence-corrected chi connectivity index (χ1v) is 7.20. The molecule has 1 saturated heterocycles. The Hall–Kier alpha value is -1.72. The van der Waals surface area contributed by atoms with Gasteiger partial charge in [-0.3, -0.25) is 0 Å². The van der Waals surface area contributed by atoms with E-state index in [1.165, 1.54) is 0 Å². The Morgan fingerprint density at radius 1 is 1.25 bits per heavy atom. The Balaban J connectivity index is 1.52. The van der Waals surface area contributed by atoms with Crippen molar-refractivity contribution in [2.75, 3.05) is 31.6 Å². The predicted molar refractivity (Wildman–Crippen MR) is 79.9 cm³/mol. The second-order valence-corrected chi connectivity index (χ2v) is 5.03. The minimum absolute atomic E-state index is 0.400. The van der Waals surface area contributed by atoms with Crippen molar-refractivity contribution in [3.63, 3.8) is 0 Å². The molecule has 0 radical (unpaired) electrons. The van der Waals surface area contributed by atoms with E-state index >= 15 is 0 Å². The van der Waals surface area contributed by atoms with Crippen LogP contribution in [0.4, 0.5) is 5.82 Å². The molecule has 0 amide bonds. The standard InChI is InChI=1S/C15H20N4O/c1-2-4-14-12(3-1)11-18-19-15(14)17-9-10-20-13-5-7-16-8-6-13/h1-4,11,13,16H,5-10H2,(H,17,19). The van der Waals surface area contributed by atoms with E-state index in [1.54, 1.807) is 6.20 Å². The number of nitrogens with zero attached hydrogens (tertiary/aromatic N) is 2. The predicted octanol–water partition coefficient (Wildman–Crippen LogP) is 1.81. The van der Waals surface area contributed by atoms with Gasteiger partial charge in [-0.2, -0.15) is 5.10 Å². The first-order chi connectivity index (χ1) is 9.93. The molecule has 5 nitrogen and oxygen atoms in total. The van der Waals surface area contributed by atoms with Gasteiger partial charge in [-0.25, -0.2) is 0 Å². The second kappa shape index (κ2) is 6.63. The number of fused-ring (bicyclic) bond motifs is 1. The summed E-state index contributed by atoms with van der Waals surface area (Å²) < 4.78 is 5.87. The SMILES string of the molecule is c1ccc2c(NCCOC3CCNCC3)nncc2c1. The molecular formula is C15H20N4O. The van der Waals surface area contributed by atoms with Gasteiger partial charge in [0.1, 0.15) is 0 Å². The van der Waals surface area contributed by atoms with E-state index < -0.39 is 0 Å². The summed E-state index contributed by atoms with van der Waals surface area (Å²) in [5, 5.41) is 17.0. The Morgan fingerprint density at radius 2 is 2.10 bits per heavy atom. The van der Waals surface area contributed by atoms with Crippen LogP contribution in [0, 0.1) is 0 Å². The van der Waals surface area contributed by atoms with Crippen molar-refractivity contribution in [1.82, 2.24) is 15.5 Å². The number of ether oxygens (including phenoxy) is 1. The molecule has 2 aromatic rings. The quantitative estimate of drug-likeness (QED) is 0.813. The second-order valence-electron chi connectivity index (χ2n) is 5.03. The third-order valence-electron chi connectivity index (χ3n) is 3.60. The summed E-state index contributed by atoms with van der Waals surface area (Å²) >= 11 is 0. The Bertz CT molecular complexity index is 549. The van der Waals surface area contributed by atoms with Crippen molar-refractivity contribution in [2.24, 2.45) is 0 Å². The fourth-order valence-corrected chi connectivity index (χ4v) is 2.52. The van der Waals surface area contributed by atoms with Crippen LogP contribution >= 0.6 is 0 Å². The number of anilines is 1. The molecule has 0 aliphatic carbocycles. The number of hydrogen-bond donors (Lipinski definition) is 2. The van der Waals surface area contributed by atoms with Crippen molar-refractivity contribution < 1.29 is 4.74 Å². The van der Waals surface area contributed by atoms with Gasteiger partial charge in [-0.15, -0.1) is 5.10 Å². The Morgan fingerprint density at radius 3 is 3.00 bits per heavy atom. The van der Waals surface area contributed by atoms with Crippen molar-refractivity contribution in [2.45, 2.75) is 18.9 Å². The van der Waals surface area contributed by atoms with Crippen LogP contribution in [0.2, 0.25) is 0 Å². The molecule has 0 atom stereocenters. The zero-order chi connectivity index (χ0) is 13.6. The van der Waals surface area contributed by atoms with Gasteiger partial charge in [0.05, 0.1) is 18.9 Å². The van der Waals surface area contributed by atoms with Gasteiger partial charge in [-0.05, 0) is 25.9 Å². The molecule has 1 aliphatic rings. The first kappa shape index (κ1) is 13.3. The molecule has 1 aromatic carbocycles. The van der Waals surface area contributed by atoms with Crippen LogP contribution in [0.15, 0.2) is 30.5 Å². The molecule has 3 rings (SSSR count). The molecule has 0 saturated carbocycles. The summed E-state index contributed by atoms with van der Waals surface area (Å²) in [6.45, 7) is 3.59. The van der Waals surface area contributed by atoms with Crippen molar-refractivity contribution in [1.29, 1.82) is 0 Å². The zero-order valence-electron chi connectivity index (χ0n) is 11.5. The lowest BCUT2D eigenvalue weighted by Crippen LogP contribution is -2.33.